The number of likely N-dealkylation sites (tertiary alicyclic amines) is 1. The number of aromatic nitrogens is 1. The molecule has 0 atom stereocenters. The Balaban J connectivity index is 1.49. The van der Waals surface area contributed by atoms with Gasteiger partial charge >= 0.3 is 0 Å². The SMILES string of the molecule is NC(=O)CC1CCN(C(=O)CCc2nc3ccccc3s2)CC1. The molecule has 2 amide bonds. The van der Waals surface area contributed by atoms with E-state index in [-0.39, 0.29) is 11.8 Å². The van der Waals surface area contributed by atoms with Crippen molar-refractivity contribution < 1.29 is 9.59 Å². The average molecular weight is 331 g/mol. The second-order valence-corrected chi connectivity index (χ2v) is 7.19. The number of amides is 2. The van der Waals surface area contributed by atoms with Crippen molar-refractivity contribution >= 4 is 33.4 Å². The van der Waals surface area contributed by atoms with Gasteiger partial charge in [-0.3, -0.25) is 9.59 Å². The number of nitrogens with zero attached hydrogens (tertiary/aromatic N) is 2. The van der Waals surface area contributed by atoms with E-state index in [0.29, 0.717) is 25.2 Å². The number of hydrogen-bond donors (Lipinski definition) is 1. The van der Waals surface area contributed by atoms with Gasteiger partial charge in [-0.1, -0.05) is 12.1 Å². The summed E-state index contributed by atoms with van der Waals surface area (Å²) in [4.78, 5) is 29.8. The molecule has 0 aliphatic carbocycles. The maximum atomic E-state index is 12.3. The molecule has 1 aromatic heterocycles. The summed E-state index contributed by atoms with van der Waals surface area (Å²) in [6, 6.07) is 8.04. The van der Waals surface area contributed by atoms with Crippen LogP contribution in [0.4, 0.5) is 0 Å². The highest BCUT2D eigenvalue weighted by atomic mass is 32.1. The first-order valence-electron chi connectivity index (χ1n) is 8.02. The molecule has 1 aliphatic rings. The van der Waals surface area contributed by atoms with Gasteiger partial charge in [-0.15, -0.1) is 11.3 Å². The van der Waals surface area contributed by atoms with Crippen LogP contribution in [-0.2, 0) is 16.0 Å². The van der Waals surface area contributed by atoms with Crippen LogP contribution >= 0.6 is 11.3 Å². The molecule has 0 radical (unpaired) electrons. The third-order valence-corrected chi connectivity index (χ3v) is 5.44. The fraction of sp³-hybridized carbons (Fsp3) is 0.471. The number of rotatable bonds is 5. The Labute approximate surface area is 139 Å². The Hall–Kier alpha value is -1.95. The highest BCUT2D eigenvalue weighted by Crippen LogP contribution is 2.24. The minimum Gasteiger partial charge on any atom is -0.370 e. The molecule has 0 spiro atoms. The van der Waals surface area contributed by atoms with Crippen molar-refractivity contribution in [3.05, 3.63) is 29.3 Å². The van der Waals surface area contributed by atoms with Gasteiger partial charge in [0, 0.05) is 32.4 Å². The number of carbonyl (C=O) groups excluding carboxylic acids is 2. The van der Waals surface area contributed by atoms with Gasteiger partial charge in [-0.05, 0) is 30.9 Å². The maximum Gasteiger partial charge on any atom is 0.222 e. The first-order valence-corrected chi connectivity index (χ1v) is 8.84. The molecule has 2 N–H and O–H groups in total. The third kappa shape index (κ3) is 4.07. The molecule has 3 rings (SSSR count). The number of carbonyl (C=O) groups is 2. The topological polar surface area (TPSA) is 76.3 Å². The minimum absolute atomic E-state index is 0.182. The Kier molecular flexibility index (Phi) is 4.91. The Morgan fingerprint density at radius 3 is 2.70 bits per heavy atom. The lowest BCUT2D eigenvalue weighted by Gasteiger charge is -2.31. The first-order chi connectivity index (χ1) is 11.1. The van der Waals surface area contributed by atoms with E-state index in [4.69, 9.17) is 5.73 Å². The van der Waals surface area contributed by atoms with Gasteiger partial charge in [0.1, 0.15) is 0 Å². The second-order valence-electron chi connectivity index (χ2n) is 6.07. The van der Waals surface area contributed by atoms with Gasteiger partial charge in [0.25, 0.3) is 0 Å². The number of benzene rings is 1. The summed E-state index contributed by atoms with van der Waals surface area (Å²) in [6.07, 6.45) is 3.37. The summed E-state index contributed by atoms with van der Waals surface area (Å²) in [5, 5.41) is 1.02. The van der Waals surface area contributed by atoms with Crippen LogP contribution in [0.5, 0.6) is 0 Å². The molecule has 23 heavy (non-hydrogen) atoms. The molecular formula is C17H21N3O2S. The number of thiazole rings is 1. The molecule has 0 bridgehead atoms. The number of fused-ring (bicyclic) bond motifs is 1. The normalized spacial score (nSPS) is 15.9. The van der Waals surface area contributed by atoms with Crippen molar-refractivity contribution in [1.82, 2.24) is 9.88 Å². The van der Waals surface area contributed by atoms with Crippen molar-refractivity contribution in [2.24, 2.45) is 11.7 Å². The molecule has 1 fully saturated rings. The average Bonchev–Trinajstić information content (AvgIpc) is 2.95. The summed E-state index contributed by atoms with van der Waals surface area (Å²) >= 11 is 1.66. The third-order valence-electron chi connectivity index (χ3n) is 4.35. The van der Waals surface area contributed by atoms with Crippen LogP contribution in [0.2, 0.25) is 0 Å². The highest BCUT2D eigenvalue weighted by Gasteiger charge is 2.23. The van der Waals surface area contributed by atoms with Crippen molar-refractivity contribution in [3.63, 3.8) is 0 Å². The molecule has 1 aromatic carbocycles. The Morgan fingerprint density at radius 1 is 1.26 bits per heavy atom. The molecule has 2 heterocycles. The second kappa shape index (κ2) is 7.08. The first kappa shape index (κ1) is 15.9. The summed E-state index contributed by atoms with van der Waals surface area (Å²) in [5.74, 6) is 0.271. The number of nitrogens with two attached hydrogens (primary N) is 1. The molecule has 0 unspecified atom stereocenters. The van der Waals surface area contributed by atoms with E-state index in [1.54, 1.807) is 11.3 Å². The van der Waals surface area contributed by atoms with Crippen LogP contribution in [0.1, 0.15) is 30.7 Å². The van der Waals surface area contributed by atoms with Crippen LogP contribution in [0.25, 0.3) is 10.2 Å². The lowest BCUT2D eigenvalue weighted by molar-refractivity contribution is -0.132. The van der Waals surface area contributed by atoms with Crippen molar-refractivity contribution in [2.75, 3.05) is 13.1 Å². The zero-order chi connectivity index (χ0) is 16.2. The number of piperidine rings is 1. The van der Waals surface area contributed by atoms with Crippen LogP contribution in [0.3, 0.4) is 0 Å². The lowest BCUT2D eigenvalue weighted by atomic mass is 9.93. The van der Waals surface area contributed by atoms with Gasteiger partial charge < -0.3 is 10.6 Å². The van der Waals surface area contributed by atoms with Crippen LogP contribution < -0.4 is 5.73 Å². The van der Waals surface area contributed by atoms with E-state index in [9.17, 15) is 9.59 Å². The largest absolute Gasteiger partial charge is 0.370 e. The van der Waals surface area contributed by atoms with Crippen LogP contribution in [0, 0.1) is 5.92 Å². The monoisotopic (exact) mass is 331 g/mol. The zero-order valence-corrected chi connectivity index (χ0v) is 13.8. The summed E-state index contributed by atoms with van der Waals surface area (Å²) < 4.78 is 1.17. The quantitative estimate of drug-likeness (QED) is 0.913. The molecule has 122 valence electrons. The van der Waals surface area contributed by atoms with E-state index in [1.807, 2.05) is 23.1 Å². The van der Waals surface area contributed by atoms with E-state index in [0.717, 1.165) is 36.5 Å². The highest BCUT2D eigenvalue weighted by molar-refractivity contribution is 7.18. The molecule has 5 nitrogen and oxygen atoms in total. The molecule has 6 heteroatoms. The smallest absolute Gasteiger partial charge is 0.222 e. The number of hydrogen-bond acceptors (Lipinski definition) is 4. The van der Waals surface area contributed by atoms with Gasteiger partial charge in [0.15, 0.2) is 0 Å². The lowest BCUT2D eigenvalue weighted by Crippen LogP contribution is -2.39. The maximum absolute atomic E-state index is 12.3. The van der Waals surface area contributed by atoms with Gasteiger partial charge in [-0.2, -0.15) is 0 Å². The van der Waals surface area contributed by atoms with E-state index >= 15 is 0 Å². The zero-order valence-electron chi connectivity index (χ0n) is 13.0. The fourth-order valence-electron chi connectivity index (χ4n) is 3.07. The van der Waals surface area contributed by atoms with Crippen molar-refractivity contribution in [2.45, 2.75) is 32.1 Å². The molecule has 2 aromatic rings. The van der Waals surface area contributed by atoms with Crippen molar-refractivity contribution in [3.8, 4) is 0 Å². The Morgan fingerprint density at radius 2 is 2.00 bits per heavy atom. The van der Waals surface area contributed by atoms with Gasteiger partial charge in [0.2, 0.25) is 11.8 Å². The number of primary amides is 1. The predicted molar refractivity (Wildman–Crippen MR) is 91.1 cm³/mol. The van der Waals surface area contributed by atoms with E-state index in [1.165, 1.54) is 4.70 Å². The Bertz CT molecular complexity index is 672. The molecule has 1 aliphatic heterocycles. The molecule has 1 saturated heterocycles. The summed E-state index contributed by atoms with van der Waals surface area (Å²) in [5.41, 5.74) is 6.24. The number of para-hydroxylation sites is 1. The fourth-order valence-corrected chi connectivity index (χ4v) is 4.04. The van der Waals surface area contributed by atoms with Gasteiger partial charge in [-0.25, -0.2) is 4.98 Å². The molecular weight excluding hydrogens is 310 g/mol. The van der Waals surface area contributed by atoms with E-state index < -0.39 is 0 Å². The standard InChI is InChI=1S/C17H21N3O2S/c18-15(21)11-12-7-9-20(10-8-12)17(22)6-5-16-19-13-3-1-2-4-14(13)23-16/h1-4,12H,5-11H2,(H2,18,21). The summed E-state index contributed by atoms with van der Waals surface area (Å²) in [7, 11) is 0. The van der Waals surface area contributed by atoms with Crippen molar-refractivity contribution in [1.29, 1.82) is 0 Å². The minimum atomic E-state index is -0.245. The van der Waals surface area contributed by atoms with Crippen LogP contribution in [0.15, 0.2) is 24.3 Å². The molecule has 0 saturated carbocycles. The van der Waals surface area contributed by atoms with Crippen LogP contribution in [-0.4, -0.2) is 34.8 Å². The van der Waals surface area contributed by atoms with Gasteiger partial charge in [0.05, 0.1) is 15.2 Å². The van der Waals surface area contributed by atoms with E-state index in [2.05, 4.69) is 11.1 Å². The number of aryl methyl sites for hydroxylation is 1. The summed E-state index contributed by atoms with van der Waals surface area (Å²) in [6.45, 7) is 1.47. The predicted octanol–water partition coefficient (Wildman–Crippen LogP) is 2.34.